The molecule has 0 unspecified atom stereocenters. The highest BCUT2D eigenvalue weighted by atomic mass is 32.1. The van der Waals surface area contributed by atoms with Gasteiger partial charge in [0.2, 0.25) is 0 Å². The predicted octanol–water partition coefficient (Wildman–Crippen LogP) is 5.57. The van der Waals surface area contributed by atoms with Crippen LogP contribution in [0.1, 0.15) is 31.9 Å². The quantitative estimate of drug-likeness (QED) is 0.480. The molecule has 1 heterocycles. The zero-order valence-electron chi connectivity index (χ0n) is 18.7. The SMILES string of the molecule is CCN(CC)c1ccc(C(=C2C=CC(=[N+](C)CC)C=C2)c2cccc3nsnc23)cc1. The molecule has 2 aromatic carbocycles. The van der Waals surface area contributed by atoms with Crippen molar-refractivity contribution in [1.82, 2.24) is 8.75 Å². The first-order chi connectivity index (χ1) is 15.2. The molecule has 1 aliphatic carbocycles. The van der Waals surface area contributed by atoms with Gasteiger partial charge in [-0.05, 0) is 67.8 Å². The molecule has 0 N–H and O–H groups in total. The number of rotatable bonds is 6. The molecule has 0 atom stereocenters. The lowest BCUT2D eigenvalue weighted by Gasteiger charge is -2.22. The van der Waals surface area contributed by atoms with Gasteiger partial charge in [0, 0.05) is 36.5 Å². The number of anilines is 1. The van der Waals surface area contributed by atoms with E-state index in [1.807, 2.05) is 6.07 Å². The standard InChI is InChI=1S/C26H29N4S/c1-5-29(4)21-15-11-19(12-16-21)25(23-9-8-10-24-26(23)28-31-27-24)20-13-17-22(18-14-20)30(6-2)7-3/h8-18H,5-7H2,1-4H3/q+1. The van der Waals surface area contributed by atoms with Gasteiger partial charge in [-0.15, -0.1) is 0 Å². The van der Waals surface area contributed by atoms with Crippen LogP contribution >= 0.6 is 11.7 Å². The van der Waals surface area contributed by atoms with Gasteiger partial charge in [-0.2, -0.15) is 8.75 Å². The third-order valence-electron chi connectivity index (χ3n) is 5.91. The summed E-state index contributed by atoms with van der Waals surface area (Å²) < 4.78 is 11.3. The normalized spacial score (nSPS) is 13.2. The highest BCUT2D eigenvalue weighted by Gasteiger charge is 2.17. The average molecular weight is 430 g/mol. The second-order valence-corrected chi connectivity index (χ2v) is 8.12. The van der Waals surface area contributed by atoms with Gasteiger partial charge in [-0.1, -0.05) is 24.3 Å². The lowest BCUT2D eigenvalue weighted by Crippen LogP contribution is -2.21. The summed E-state index contributed by atoms with van der Waals surface area (Å²) in [4.78, 5) is 2.36. The Morgan fingerprint density at radius 3 is 2.26 bits per heavy atom. The molecule has 5 heteroatoms. The summed E-state index contributed by atoms with van der Waals surface area (Å²) in [5.41, 5.74) is 9.07. The van der Waals surface area contributed by atoms with E-state index in [1.165, 1.54) is 39.8 Å². The maximum atomic E-state index is 4.62. The van der Waals surface area contributed by atoms with Gasteiger partial charge in [0.25, 0.3) is 0 Å². The zero-order valence-corrected chi connectivity index (χ0v) is 19.5. The Kier molecular flexibility index (Phi) is 6.42. The average Bonchev–Trinajstić information content (AvgIpc) is 3.31. The topological polar surface area (TPSA) is 32.0 Å². The van der Waals surface area contributed by atoms with Gasteiger partial charge < -0.3 is 4.90 Å². The minimum atomic E-state index is 0.946. The number of fused-ring (bicyclic) bond motifs is 1. The molecule has 0 bridgehead atoms. The fourth-order valence-electron chi connectivity index (χ4n) is 3.98. The van der Waals surface area contributed by atoms with E-state index < -0.39 is 0 Å². The van der Waals surface area contributed by atoms with Crippen molar-refractivity contribution >= 4 is 39.7 Å². The van der Waals surface area contributed by atoms with Crippen LogP contribution in [-0.2, 0) is 0 Å². The van der Waals surface area contributed by atoms with Gasteiger partial charge in [0.1, 0.15) is 24.6 Å². The van der Waals surface area contributed by atoms with Gasteiger partial charge in [0.05, 0.1) is 11.7 Å². The summed E-state index contributed by atoms with van der Waals surface area (Å²) >= 11 is 1.27. The van der Waals surface area contributed by atoms with Crippen molar-refractivity contribution in [1.29, 1.82) is 0 Å². The molecule has 1 aromatic heterocycles. The van der Waals surface area contributed by atoms with Crippen molar-refractivity contribution in [3.05, 3.63) is 83.5 Å². The fraction of sp³-hybridized carbons (Fsp3) is 0.269. The molecule has 0 spiro atoms. The van der Waals surface area contributed by atoms with E-state index in [4.69, 9.17) is 0 Å². The fourth-order valence-corrected chi connectivity index (χ4v) is 4.53. The Balaban J connectivity index is 1.88. The third-order valence-corrected chi connectivity index (χ3v) is 6.45. The van der Waals surface area contributed by atoms with Crippen LogP contribution in [0, 0.1) is 0 Å². The van der Waals surface area contributed by atoms with Gasteiger partial charge in [-0.3, -0.25) is 0 Å². The first kappa shape index (κ1) is 21.2. The molecule has 158 valence electrons. The van der Waals surface area contributed by atoms with Crippen molar-refractivity contribution in [2.45, 2.75) is 20.8 Å². The predicted molar refractivity (Wildman–Crippen MR) is 133 cm³/mol. The summed E-state index contributed by atoms with van der Waals surface area (Å²) in [7, 11) is 2.12. The highest BCUT2D eigenvalue weighted by molar-refractivity contribution is 7.00. The summed E-state index contributed by atoms with van der Waals surface area (Å²) in [5, 5.41) is 0. The van der Waals surface area contributed by atoms with Crippen LogP contribution in [0.3, 0.4) is 0 Å². The van der Waals surface area contributed by atoms with E-state index >= 15 is 0 Å². The maximum absolute atomic E-state index is 4.62. The molecule has 0 amide bonds. The van der Waals surface area contributed by atoms with Crippen LogP contribution in [-0.4, -0.2) is 45.7 Å². The van der Waals surface area contributed by atoms with Gasteiger partial charge in [-0.25, -0.2) is 4.58 Å². The van der Waals surface area contributed by atoms with E-state index in [0.717, 1.165) is 36.2 Å². The Morgan fingerprint density at radius 1 is 0.903 bits per heavy atom. The molecule has 3 aromatic rings. The van der Waals surface area contributed by atoms with Crippen LogP contribution in [0.5, 0.6) is 0 Å². The first-order valence-corrected chi connectivity index (χ1v) is 11.6. The van der Waals surface area contributed by atoms with Crippen LogP contribution in [0.2, 0.25) is 0 Å². The summed E-state index contributed by atoms with van der Waals surface area (Å²) in [5.74, 6) is 0. The van der Waals surface area contributed by atoms with E-state index in [-0.39, 0.29) is 0 Å². The molecule has 4 nitrogen and oxygen atoms in total. The minimum Gasteiger partial charge on any atom is -0.372 e. The number of allylic oxidation sites excluding steroid dienone is 5. The molecule has 0 aliphatic heterocycles. The van der Waals surface area contributed by atoms with Gasteiger partial charge in [0.15, 0.2) is 5.71 Å². The van der Waals surface area contributed by atoms with Crippen LogP contribution in [0.25, 0.3) is 16.6 Å². The number of nitrogens with zero attached hydrogens (tertiary/aromatic N) is 4. The molecular formula is C26H29N4S+. The second-order valence-electron chi connectivity index (χ2n) is 7.59. The van der Waals surface area contributed by atoms with Crippen molar-refractivity contribution in [3.8, 4) is 0 Å². The second kappa shape index (κ2) is 9.40. The Bertz CT molecular complexity index is 1170. The van der Waals surface area contributed by atoms with Crippen molar-refractivity contribution in [3.63, 3.8) is 0 Å². The molecule has 0 saturated carbocycles. The molecular weight excluding hydrogens is 400 g/mol. The monoisotopic (exact) mass is 429 g/mol. The Hall–Kier alpha value is -3.05. The molecule has 0 fully saturated rings. The largest absolute Gasteiger partial charge is 0.372 e. The van der Waals surface area contributed by atoms with Crippen LogP contribution in [0.4, 0.5) is 5.69 Å². The minimum absolute atomic E-state index is 0.946. The lowest BCUT2D eigenvalue weighted by atomic mass is 9.90. The van der Waals surface area contributed by atoms with Crippen molar-refractivity contribution < 1.29 is 4.58 Å². The lowest BCUT2D eigenvalue weighted by molar-refractivity contribution is -0.491. The van der Waals surface area contributed by atoms with E-state index in [2.05, 4.69) is 107 Å². The molecule has 0 saturated heterocycles. The van der Waals surface area contributed by atoms with E-state index in [9.17, 15) is 0 Å². The smallest absolute Gasteiger partial charge is 0.199 e. The molecule has 31 heavy (non-hydrogen) atoms. The summed E-state index contributed by atoms with van der Waals surface area (Å²) in [6, 6.07) is 15.2. The Labute approximate surface area is 188 Å². The number of hydrogen-bond donors (Lipinski definition) is 0. The molecule has 4 rings (SSSR count). The van der Waals surface area contributed by atoms with E-state index in [0.29, 0.717) is 0 Å². The first-order valence-electron chi connectivity index (χ1n) is 10.9. The number of aromatic nitrogens is 2. The van der Waals surface area contributed by atoms with Crippen molar-refractivity contribution in [2.75, 3.05) is 31.6 Å². The number of hydrogen-bond acceptors (Lipinski definition) is 4. The number of benzene rings is 2. The summed E-state index contributed by atoms with van der Waals surface area (Å²) in [6.45, 7) is 9.54. The Morgan fingerprint density at radius 2 is 1.61 bits per heavy atom. The molecule has 0 radical (unpaired) electrons. The summed E-state index contributed by atoms with van der Waals surface area (Å²) in [6.07, 6.45) is 8.83. The van der Waals surface area contributed by atoms with Crippen LogP contribution in [0.15, 0.2) is 72.3 Å². The van der Waals surface area contributed by atoms with E-state index in [1.54, 1.807) is 0 Å². The van der Waals surface area contributed by atoms with Crippen LogP contribution < -0.4 is 4.90 Å². The zero-order chi connectivity index (χ0) is 21.8. The van der Waals surface area contributed by atoms with Gasteiger partial charge >= 0.3 is 0 Å². The molecule has 1 aliphatic rings. The maximum Gasteiger partial charge on any atom is 0.199 e. The highest BCUT2D eigenvalue weighted by Crippen LogP contribution is 2.34. The third kappa shape index (κ3) is 4.23. The van der Waals surface area contributed by atoms with Crippen molar-refractivity contribution in [2.24, 2.45) is 0 Å².